The molecular formula is C11H14IN5O4S. The van der Waals surface area contributed by atoms with Gasteiger partial charge in [0.25, 0.3) is 0 Å². The molecule has 0 unspecified atom stereocenters. The summed E-state index contributed by atoms with van der Waals surface area (Å²) in [7, 11) is -3.53. The number of halogens is 1. The summed E-state index contributed by atoms with van der Waals surface area (Å²) in [4.78, 5) is 22.4. The number of fused-ring (bicyclic) bond motifs is 1. The Morgan fingerprint density at radius 1 is 1.27 bits per heavy atom. The maximum Gasteiger partial charge on any atom is 0.358 e. The lowest BCUT2D eigenvalue weighted by Crippen LogP contribution is -2.39. The first-order valence-corrected chi connectivity index (χ1v) is 9.62. The van der Waals surface area contributed by atoms with E-state index in [-0.39, 0.29) is 18.4 Å². The van der Waals surface area contributed by atoms with Crippen molar-refractivity contribution in [3.8, 4) is 0 Å². The van der Waals surface area contributed by atoms with E-state index in [9.17, 15) is 13.2 Å². The Balaban J connectivity index is 2.13. The van der Waals surface area contributed by atoms with Crippen molar-refractivity contribution < 1.29 is 13.2 Å². The van der Waals surface area contributed by atoms with Gasteiger partial charge in [-0.25, -0.2) is 22.1 Å². The molecular weight excluding hydrogens is 425 g/mol. The van der Waals surface area contributed by atoms with Crippen LogP contribution >= 0.6 is 22.6 Å². The number of sulfonamides is 1. The van der Waals surface area contributed by atoms with Crippen LogP contribution in [-0.4, -0.2) is 62.1 Å². The van der Waals surface area contributed by atoms with Gasteiger partial charge in [0.2, 0.25) is 21.9 Å². The third-order valence-electron chi connectivity index (χ3n) is 3.42. The van der Waals surface area contributed by atoms with Crippen LogP contribution < -0.4 is 14.9 Å². The minimum absolute atomic E-state index is 0.0816. The Hall–Kier alpha value is -1.21. The highest BCUT2D eigenvalue weighted by molar-refractivity contribution is 14.1. The van der Waals surface area contributed by atoms with Gasteiger partial charge in [-0.2, -0.15) is 9.97 Å². The fraction of sp³-hybridized carbons (Fsp3) is 0.545. The van der Waals surface area contributed by atoms with E-state index in [1.807, 2.05) is 27.5 Å². The number of nitrogens with zero attached hydrogens (tertiary/aromatic N) is 5. The van der Waals surface area contributed by atoms with Crippen LogP contribution in [0.4, 0.5) is 11.9 Å². The molecule has 0 radical (unpaired) electrons. The Morgan fingerprint density at radius 2 is 1.95 bits per heavy atom. The van der Waals surface area contributed by atoms with Gasteiger partial charge in [0.15, 0.2) is 0 Å². The number of ether oxygens (including phenoxy) is 1. The van der Waals surface area contributed by atoms with Gasteiger partial charge >= 0.3 is 5.69 Å². The highest BCUT2D eigenvalue weighted by atomic mass is 127. The van der Waals surface area contributed by atoms with Crippen molar-refractivity contribution in [2.24, 2.45) is 0 Å². The zero-order valence-corrected chi connectivity index (χ0v) is 14.7. The highest BCUT2D eigenvalue weighted by Gasteiger charge is 2.33. The average molecular weight is 439 g/mol. The van der Waals surface area contributed by atoms with Gasteiger partial charge < -0.3 is 9.64 Å². The van der Waals surface area contributed by atoms with Crippen LogP contribution in [0.5, 0.6) is 0 Å². The molecule has 2 aliphatic rings. The Bertz CT molecular complexity index is 784. The molecule has 1 aromatic rings. The van der Waals surface area contributed by atoms with Gasteiger partial charge in [0, 0.05) is 13.1 Å². The number of aromatic nitrogens is 3. The van der Waals surface area contributed by atoms with Gasteiger partial charge in [-0.05, 0) is 4.08 Å². The molecule has 2 aliphatic heterocycles. The van der Waals surface area contributed by atoms with Crippen molar-refractivity contribution in [1.29, 1.82) is 0 Å². The van der Waals surface area contributed by atoms with Crippen LogP contribution in [0, 0.1) is 0 Å². The van der Waals surface area contributed by atoms with E-state index >= 15 is 0 Å². The minimum atomic E-state index is -3.53. The molecule has 0 spiro atoms. The Kier molecular flexibility index (Phi) is 4.11. The molecule has 120 valence electrons. The quantitative estimate of drug-likeness (QED) is 0.573. The van der Waals surface area contributed by atoms with Crippen LogP contribution in [0.25, 0.3) is 5.70 Å². The van der Waals surface area contributed by atoms with Crippen molar-refractivity contribution in [2.75, 3.05) is 48.3 Å². The van der Waals surface area contributed by atoms with Crippen molar-refractivity contribution in [1.82, 2.24) is 14.5 Å². The zero-order valence-electron chi connectivity index (χ0n) is 11.8. The second-order valence-electron chi connectivity index (χ2n) is 4.91. The second-order valence-corrected chi connectivity index (χ2v) is 7.44. The van der Waals surface area contributed by atoms with E-state index < -0.39 is 15.7 Å². The number of hydrogen-bond acceptors (Lipinski definition) is 7. The largest absolute Gasteiger partial charge is 0.378 e. The lowest BCUT2D eigenvalue weighted by Gasteiger charge is -2.27. The normalized spacial score (nSPS) is 20.5. The van der Waals surface area contributed by atoms with Crippen LogP contribution in [0.2, 0.25) is 0 Å². The fourth-order valence-corrected chi connectivity index (χ4v) is 3.61. The summed E-state index contributed by atoms with van der Waals surface area (Å²) >= 11 is 1.97. The first-order valence-electron chi connectivity index (χ1n) is 6.53. The van der Waals surface area contributed by atoms with Crippen molar-refractivity contribution in [3.05, 3.63) is 14.6 Å². The summed E-state index contributed by atoms with van der Waals surface area (Å²) in [5, 5.41) is 0. The van der Waals surface area contributed by atoms with Gasteiger partial charge in [-0.1, -0.05) is 22.6 Å². The predicted octanol–water partition coefficient (Wildman–Crippen LogP) is -0.512. The summed E-state index contributed by atoms with van der Waals surface area (Å²) in [6, 6.07) is 0. The van der Waals surface area contributed by atoms with E-state index in [1.54, 1.807) is 4.08 Å². The SMILES string of the molecule is CS(=O)(=O)N1C/C(=C\I)n2c1nc(N1CCOCC1)nc2=O. The summed E-state index contributed by atoms with van der Waals surface area (Å²) in [5.74, 6) is 0.329. The second kappa shape index (κ2) is 5.77. The lowest BCUT2D eigenvalue weighted by molar-refractivity contribution is 0.122. The maximum absolute atomic E-state index is 12.3. The molecule has 0 atom stereocenters. The van der Waals surface area contributed by atoms with E-state index in [0.29, 0.717) is 32.0 Å². The van der Waals surface area contributed by atoms with Gasteiger partial charge in [0.05, 0.1) is 31.7 Å². The van der Waals surface area contributed by atoms with Gasteiger partial charge in [0.1, 0.15) is 0 Å². The van der Waals surface area contributed by atoms with E-state index in [4.69, 9.17) is 4.74 Å². The molecule has 0 bridgehead atoms. The average Bonchev–Trinajstić information content (AvgIpc) is 2.87. The number of hydrogen-bond donors (Lipinski definition) is 0. The molecule has 22 heavy (non-hydrogen) atoms. The van der Waals surface area contributed by atoms with E-state index in [1.165, 1.54) is 4.57 Å². The Morgan fingerprint density at radius 3 is 2.55 bits per heavy atom. The molecule has 0 aromatic carbocycles. The minimum Gasteiger partial charge on any atom is -0.378 e. The smallest absolute Gasteiger partial charge is 0.358 e. The third-order valence-corrected chi connectivity index (χ3v) is 5.24. The summed E-state index contributed by atoms with van der Waals surface area (Å²) in [5.41, 5.74) is 0.0140. The first kappa shape index (κ1) is 15.7. The van der Waals surface area contributed by atoms with Crippen LogP contribution in [-0.2, 0) is 14.8 Å². The third kappa shape index (κ3) is 2.72. The molecule has 9 nitrogen and oxygen atoms in total. The van der Waals surface area contributed by atoms with E-state index in [2.05, 4.69) is 9.97 Å². The maximum atomic E-state index is 12.3. The predicted molar refractivity (Wildman–Crippen MR) is 89.8 cm³/mol. The number of rotatable bonds is 2. The van der Waals surface area contributed by atoms with E-state index in [0.717, 1.165) is 10.6 Å². The molecule has 1 saturated heterocycles. The Labute approximate surface area is 140 Å². The molecule has 0 amide bonds. The summed E-state index contributed by atoms with van der Waals surface area (Å²) in [6.07, 6.45) is 1.09. The van der Waals surface area contributed by atoms with Crippen molar-refractivity contribution in [2.45, 2.75) is 0 Å². The van der Waals surface area contributed by atoms with Crippen LogP contribution in [0.1, 0.15) is 0 Å². The van der Waals surface area contributed by atoms with Crippen molar-refractivity contribution in [3.63, 3.8) is 0 Å². The van der Waals surface area contributed by atoms with Crippen LogP contribution in [0.3, 0.4) is 0 Å². The number of anilines is 2. The molecule has 11 heteroatoms. The molecule has 1 fully saturated rings. The fourth-order valence-electron chi connectivity index (χ4n) is 2.35. The molecule has 0 aliphatic carbocycles. The van der Waals surface area contributed by atoms with Crippen LogP contribution in [0.15, 0.2) is 8.88 Å². The molecule has 1 aromatic heterocycles. The monoisotopic (exact) mass is 439 g/mol. The zero-order chi connectivity index (χ0) is 15.9. The molecule has 3 rings (SSSR count). The lowest BCUT2D eigenvalue weighted by atomic mass is 10.4. The van der Waals surface area contributed by atoms with Gasteiger partial charge in [-0.15, -0.1) is 0 Å². The standard InChI is InChI=1S/C11H14IN5O4S/c1-22(19,20)16-7-8(6-12)17-10(16)13-9(14-11(17)18)15-2-4-21-5-3-15/h6H,2-5,7H2,1H3/b8-6+. The highest BCUT2D eigenvalue weighted by Crippen LogP contribution is 2.28. The van der Waals surface area contributed by atoms with Gasteiger partial charge in [-0.3, -0.25) is 0 Å². The number of morpholine rings is 1. The molecule has 3 heterocycles. The first-order chi connectivity index (χ1) is 10.4. The summed E-state index contributed by atoms with van der Waals surface area (Å²) in [6.45, 7) is 2.26. The molecule has 0 saturated carbocycles. The van der Waals surface area contributed by atoms with Crippen molar-refractivity contribution >= 4 is 50.2 Å². The summed E-state index contributed by atoms with van der Waals surface area (Å²) < 4.78 is 33.2. The molecule has 0 N–H and O–H groups in total. The topological polar surface area (TPSA) is 97.6 Å².